The van der Waals surface area contributed by atoms with Gasteiger partial charge in [-0.2, -0.15) is 0 Å². The maximum absolute atomic E-state index is 12.2. The smallest absolute Gasteiger partial charge is 0.405 e. The Hall–Kier alpha value is -0.790. The molecule has 7 heteroatoms. The van der Waals surface area contributed by atoms with Gasteiger partial charge in [0.2, 0.25) is 0 Å². The summed E-state index contributed by atoms with van der Waals surface area (Å²) in [7, 11) is 0. The minimum absolute atomic E-state index is 0.191. The van der Waals surface area contributed by atoms with Gasteiger partial charge in [-0.05, 0) is 58.3 Å². The van der Waals surface area contributed by atoms with Crippen LogP contribution in [0.15, 0.2) is 22.7 Å². The first-order valence-corrected chi connectivity index (χ1v) is 7.49. The molecule has 1 fully saturated rings. The van der Waals surface area contributed by atoms with Crippen molar-refractivity contribution in [3.63, 3.8) is 0 Å². The standard InChI is InChI=1S/C14H17BrF3NO2/c15-11-7-10(1-2-12(11)21-14(16,17)18)8-19-9-13(3-4-13)5-6-20/h1-2,7,19-20H,3-6,8-9H2. The van der Waals surface area contributed by atoms with Crippen molar-refractivity contribution < 1.29 is 23.0 Å². The molecule has 1 aromatic carbocycles. The Morgan fingerprint density at radius 3 is 2.57 bits per heavy atom. The number of aliphatic hydroxyl groups excluding tert-OH is 1. The van der Waals surface area contributed by atoms with Crippen LogP contribution in [0.2, 0.25) is 0 Å². The van der Waals surface area contributed by atoms with Crippen molar-refractivity contribution in [2.45, 2.75) is 32.2 Å². The van der Waals surface area contributed by atoms with E-state index >= 15 is 0 Å². The summed E-state index contributed by atoms with van der Waals surface area (Å²) in [5.41, 5.74) is 1.09. The molecule has 1 aromatic rings. The second-order valence-electron chi connectivity index (χ2n) is 5.39. The van der Waals surface area contributed by atoms with Gasteiger partial charge in [-0.25, -0.2) is 0 Å². The molecule has 0 saturated heterocycles. The van der Waals surface area contributed by atoms with E-state index < -0.39 is 6.36 Å². The van der Waals surface area contributed by atoms with E-state index in [1.165, 1.54) is 6.07 Å². The molecule has 21 heavy (non-hydrogen) atoms. The molecule has 2 N–H and O–H groups in total. The Morgan fingerprint density at radius 1 is 1.33 bits per heavy atom. The molecule has 0 bridgehead atoms. The molecule has 1 saturated carbocycles. The normalized spacial score (nSPS) is 16.8. The van der Waals surface area contributed by atoms with Crippen LogP contribution in [-0.4, -0.2) is 24.6 Å². The predicted molar refractivity (Wildman–Crippen MR) is 75.9 cm³/mol. The summed E-state index contributed by atoms with van der Waals surface area (Å²) in [6.45, 7) is 1.57. The SMILES string of the molecule is OCCC1(CNCc2ccc(OC(F)(F)F)c(Br)c2)CC1. The molecule has 0 atom stereocenters. The fourth-order valence-corrected chi connectivity index (χ4v) is 2.77. The number of benzene rings is 1. The van der Waals surface area contributed by atoms with E-state index in [1.54, 1.807) is 12.1 Å². The van der Waals surface area contributed by atoms with Crippen LogP contribution in [-0.2, 0) is 6.54 Å². The maximum atomic E-state index is 12.2. The number of hydrogen-bond donors (Lipinski definition) is 2. The average Bonchev–Trinajstić information content (AvgIpc) is 3.12. The van der Waals surface area contributed by atoms with Crippen LogP contribution in [0.1, 0.15) is 24.8 Å². The van der Waals surface area contributed by atoms with Crippen LogP contribution >= 0.6 is 15.9 Å². The van der Waals surface area contributed by atoms with Crippen molar-refractivity contribution in [1.29, 1.82) is 0 Å². The largest absolute Gasteiger partial charge is 0.573 e. The topological polar surface area (TPSA) is 41.5 Å². The second kappa shape index (κ2) is 6.54. The Morgan fingerprint density at radius 2 is 2.05 bits per heavy atom. The number of ether oxygens (including phenoxy) is 1. The fraction of sp³-hybridized carbons (Fsp3) is 0.571. The summed E-state index contributed by atoms with van der Waals surface area (Å²) in [5.74, 6) is -0.245. The first-order chi connectivity index (χ1) is 9.84. The van der Waals surface area contributed by atoms with Crippen LogP contribution in [0, 0.1) is 5.41 Å². The first-order valence-electron chi connectivity index (χ1n) is 6.69. The molecule has 118 valence electrons. The molecule has 3 nitrogen and oxygen atoms in total. The van der Waals surface area contributed by atoms with Gasteiger partial charge in [-0.15, -0.1) is 13.2 Å². The van der Waals surface area contributed by atoms with Gasteiger partial charge in [0.1, 0.15) is 5.75 Å². The molecule has 0 heterocycles. The second-order valence-corrected chi connectivity index (χ2v) is 6.24. The molecule has 0 aliphatic heterocycles. The minimum atomic E-state index is -4.69. The Kier molecular flexibility index (Phi) is 5.16. The van der Waals surface area contributed by atoms with Crippen LogP contribution in [0.5, 0.6) is 5.75 Å². The molecule has 0 amide bonds. The molecular weight excluding hydrogens is 351 g/mol. The van der Waals surface area contributed by atoms with E-state index in [1.807, 2.05) is 0 Å². The van der Waals surface area contributed by atoms with Crippen molar-refractivity contribution in [2.75, 3.05) is 13.2 Å². The van der Waals surface area contributed by atoms with E-state index in [-0.39, 0.29) is 22.2 Å². The lowest BCUT2D eigenvalue weighted by molar-refractivity contribution is -0.274. The van der Waals surface area contributed by atoms with Gasteiger partial charge in [0.25, 0.3) is 0 Å². The molecule has 0 aromatic heterocycles. The lowest BCUT2D eigenvalue weighted by Crippen LogP contribution is -2.24. The van der Waals surface area contributed by atoms with Crippen molar-refractivity contribution in [2.24, 2.45) is 5.41 Å². The van der Waals surface area contributed by atoms with Crippen molar-refractivity contribution >= 4 is 15.9 Å². The predicted octanol–water partition coefficient (Wildman–Crippen LogP) is 3.60. The third kappa shape index (κ3) is 5.16. The van der Waals surface area contributed by atoms with Crippen LogP contribution in [0.25, 0.3) is 0 Å². The Labute approximate surface area is 129 Å². The lowest BCUT2D eigenvalue weighted by Gasteiger charge is -2.15. The van der Waals surface area contributed by atoms with E-state index in [4.69, 9.17) is 5.11 Å². The summed E-state index contributed by atoms with van der Waals surface area (Å²) in [6, 6.07) is 4.51. The fourth-order valence-electron chi connectivity index (χ4n) is 2.26. The molecule has 1 aliphatic carbocycles. The van der Waals surface area contributed by atoms with Gasteiger partial charge in [-0.3, -0.25) is 0 Å². The monoisotopic (exact) mass is 367 g/mol. The number of aliphatic hydroxyl groups is 1. The number of nitrogens with one attached hydrogen (secondary N) is 1. The summed E-state index contributed by atoms with van der Waals surface area (Å²) in [6.07, 6.45) is -1.67. The molecule has 0 spiro atoms. The van der Waals surface area contributed by atoms with Crippen molar-refractivity contribution in [3.8, 4) is 5.75 Å². The van der Waals surface area contributed by atoms with E-state index in [0.29, 0.717) is 6.54 Å². The Balaban J connectivity index is 1.86. The van der Waals surface area contributed by atoms with Gasteiger partial charge in [0, 0.05) is 19.7 Å². The lowest BCUT2D eigenvalue weighted by atomic mass is 10.0. The van der Waals surface area contributed by atoms with E-state index in [9.17, 15) is 13.2 Å². The van der Waals surface area contributed by atoms with Gasteiger partial charge < -0.3 is 15.2 Å². The maximum Gasteiger partial charge on any atom is 0.573 e. The first kappa shape index (κ1) is 16.6. The zero-order valence-corrected chi connectivity index (χ0v) is 12.9. The molecule has 0 unspecified atom stereocenters. The number of alkyl halides is 3. The van der Waals surface area contributed by atoms with Crippen molar-refractivity contribution in [1.82, 2.24) is 5.32 Å². The highest BCUT2D eigenvalue weighted by Crippen LogP contribution is 2.47. The van der Waals surface area contributed by atoms with E-state index in [2.05, 4.69) is 26.0 Å². The minimum Gasteiger partial charge on any atom is -0.405 e. The highest BCUT2D eigenvalue weighted by atomic mass is 79.9. The van der Waals surface area contributed by atoms with Gasteiger partial charge in [0.15, 0.2) is 0 Å². The molecular formula is C14H17BrF3NO2. The highest BCUT2D eigenvalue weighted by molar-refractivity contribution is 9.10. The average molecular weight is 368 g/mol. The summed E-state index contributed by atoms with van der Waals surface area (Å²) in [5, 5.41) is 12.3. The van der Waals surface area contributed by atoms with Gasteiger partial charge in [-0.1, -0.05) is 6.07 Å². The van der Waals surface area contributed by atoms with Crippen molar-refractivity contribution in [3.05, 3.63) is 28.2 Å². The van der Waals surface area contributed by atoms with Crippen LogP contribution in [0.4, 0.5) is 13.2 Å². The highest BCUT2D eigenvalue weighted by Gasteiger charge is 2.41. The third-order valence-corrected chi connectivity index (χ3v) is 4.27. The number of hydrogen-bond acceptors (Lipinski definition) is 3. The third-order valence-electron chi connectivity index (χ3n) is 3.65. The van der Waals surface area contributed by atoms with Gasteiger partial charge >= 0.3 is 6.36 Å². The van der Waals surface area contributed by atoms with Crippen LogP contribution < -0.4 is 10.1 Å². The van der Waals surface area contributed by atoms with Gasteiger partial charge in [0.05, 0.1) is 4.47 Å². The number of halogens is 4. The summed E-state index contributed by atoms with van der Waals surface area (Å²) >= 11 is 3.08. The molecule has 0 radical (unpaired) electrons. The zero-order chi connectivity index (χ0) is 15.5. The van der Waals surface area contributed by atoms with E-state index in [0.717, 1.165) is 31.4 Å². The molecule has 2 rings (SSSR count). The summed E-state index contributed by atoms with van der Waals surface area (Å²) in [4.78, 5) is 0. The molecule has 1 aliphatic rings. The Bertz CT molecular complexity index is 490. The zero-order valence-electron chi connectivity index (χ0n) is 11.3. The number of rotatable bonds is 7. The summed E-state index contributed by atoms with van der Waals surface area (Å²) < 4.78 is 40.6. The quantitative estimate of drug-likeness (QED) is 0.773. The van der Waals surface area contributed by atoms with Crippen LogP contribution in [0.3, 0.4) is 0 Å².